The Hall–Kier alpha value is -0.720. The van der Waals surface area contributed by atoms with E-state index in [4.69, 9.17) is 0 Å². The quantitative estimate of drug-likeness (QED) is 0.821. The lowest BCUT2D eigenvalue weighted by Gasteiger charge is -2.21. The SMILES string of the molecule is CCSc1ccc(NC)cc1S(=O)(=O)NC(C)(C)C. The molecule has 0 radical (unpaired) electrons. The third-order valence-electron chi connectivity index (χ3n) is 2.26. The van der Waals surface area contributed by atoms with Crippen molar-refractivity contribution in [3.05, 3.63) is 18.2 Å². The number of rotatable bonds is 5. The fraction of sp³-hybridized carbons (Fsp3) is 0.538. The van der Waals surface area contributed by atoms with E-state index in [1.807, 2.05) is 39.8 Å². The summed E-state index contributed by atoms with van der Waals surface area (Å²) in [6.07, 6.45) is 0. The molecule has 0 aromatic heterocycles. The first-order valence-electron chi connectivity index (χ1n) is 6.18. The minimum atomic E-state index is -3.51. The van der Waals surface area contributed by atoms with E-state index in [1.54, 1.807) is 13.1 Å². The molecule has 4 nitrogen and oxygen atoms in total. The molecule has 2 N–H and O–H groups in total. The van der Waals surface area contributed by atoms with Crippen LogP contribution in [0.2, 0.25) is 0 Å². The predicted octanol–water partition coefficient (Wildman–Crippen LogP) is 2.92. The van der Waals surface area contributed by atoms with E-state index >= 15 is 0 Å². The standard InChI is InChI=1S/C13H22N2O2S2/c1-6-18-11-8-7-10(14-5)9-12(11)19(16,17)15-13(2,3)4/h7-9,14-15H,6H2,1-5H3. The molecule has 0 aliphatic carbocycles. The Morgan fingerprint density at radius 1 is 1.26 bits per heavy atom. The van der Waals surface area contributed by atoms with E-state index < -0.39 is 15.6 Å². The maximum Gasteiger partial charge on any atom is 0.242 e. The van der Waals surface area contributed by atoms with E-state index in [2.05, 4.69) is 10.0 Å². The molecular formula is C13H22N2O2S2. The molecule has 0 amide bonds. The van der Waals surface area contributed by atoms with Crippen molar-refractivity contribution >= 4 is 27.5 Å². The van der Waals surface area contributed by atoms with Gasteiger partial charge < -0.3 is 5.32 Å². The van der Waals surface area contributed by atoms with E-state index in [0.717, 1.165) is 16.3 Å². The van der Waals surface area contributed by atoms with Crippen molar-refractivity contribution < 1.29 is 8.42 Å². The molecular weight excluding hydrogens is 280 g/mol. The van der Waals surface area contributed by atoms with Crippen molar-refractivity contribution in [2.75, 3.05) is 18.1 Å². The van der Waals surface area contributed by atoms with Crippen LogP contribution < -0.4 is 10.0 Å². The summed E-state index contributed by atoms with van der Waals surface area (Å²) in [5.74, 6) is 0.830. The second-order valence-electron chi connectivity index (χ2n) is 5.20. The summed E-state index contributed by atoms with van der Waals surface area (Å²) in [5.41, 5.74) is 0.289. The summed E-state index contributed by atoms with van der Waals surface area (Å²) in [5, 5.41) is 2.97. The molecule has 0 saturated heterocycles. The molecule has 108 valence electrons. The number of nitrogens with one attached hydrogen (secondary N) is 2. The second-order valence-corrected chi connectivity index (χ2v) is 8.16. The molecule has 19 heavy (non-hydrogen) atoms. The van der Waals surface area contributed by atoms with Crippen LogP contribution in [-0.4, -0.2) is 26.8 Å². The average molecular weight is 302 g/mol. The Labute approximate surface area is 120 Å². The van der Waals surface area contributed by atoms with E-state index in [9.17, 15) is 8.42 Å². The van der Waals surface area contributed by atoms with Gasteiger partial charge in [-0.05, 0) is 44.7 Å². The zero-order valence-electron chi connectivity index (χ0n) is 12.1. The first-order valence-corrected chi connectivity index (χ1v) is 8.65. The van der Waals surface area contributed by atoms with Crippen LogP contribution in [0.4, 0.5) is 5.69 Å². The monoisotopic (exact) mass is 302 g/mol. The molecule has 1 rings (SSSR count). The van der Waals surface area contributed by atoms with Crippen LogP contribution in [-0.2, 0) is 10.0 Å². The van der Waals surface area contributed by atoms with E-state index in [0.29, 0.717) is 4.90 Å². The number of sulfonamides is 1. The average Bonchev–Trinajstić information content (AvgIpc) is 2.26. The topological polar surface area (TPSA) is 58.2 Å². The van der Waals surface area contributed by atoms with Crippen molar-refractivity contribution in [3.8, 4) is 0 Å². The Bertz CT molecular complexity index is 534. The van der Waals surface area contributed by atoms with Crippen molar-refractivity contribution in [1.82, 2.24) is 4.72 Å². The van der Waals surface area contributed by atoms with Gasteiger partial charge in [-0.25, -0.2) is 13.1 Å². The summed E-state index contributed by atoms with van der Waals surface area (Å²) >= 11 is 1.53. The van der Waals surface area contributed by atoms with Crippen LogP contribution in [0.3, 0.4) is 0 Å². The zero-order chi connectivity index (χ0) is 14.7. The van der Waals surface area contributed by atoms with Crippen LogP contribution >= 0.6 is 11.8 Å². The van der Waals surface area contributed by atoms with Gasteiger partial charge in [0, 0.05) is 23.2 Å². The first kappa shape index (κ1) is 16.3. The molecule has 0 spiro atoms. The van der Waals surface area contributed by atoms with Crippen LogP contribution in [0, 0.1) is 0 Å². The number of benzene rings is 1. The maximum atomic E-state index is 12.5. The fourth-order valence-corrected chi connectivity index (χ4v) is 4.32. The summed E-state index contributed by atoms with van der Waals surface area (Å²) in [6.45, 7) is 7.50. The number of hydrogen-bond acceptors (Lipinski definition) is 4. The van der Waals surface area contributed by atoms with Gasteiger partial charge in [-0.1, -0.05) is 6.92 Å². The zero-order valence-corrected chi connectivity index (χ0v) is 13.7. The predicted molar refractivity (Wildman–Crippen MR) is 82.5 cm³/mol. The highest BCUT2D eigenvalue weighted by Crippen LogP contribution is 2.29. The minimum absolute atomic E-state index is 0.334. The molecule has 0 aliphatic heterocycles. The van der Waals surface area contributed by atoms with Gasteiger partial charge >= 0.3 is 0 Å². The van der Waals surface area contributed by atoms with Crippen LogP contribution in [0.15, 0.2) is 28.0 Å². The van der Waals surface area contributed by atoms with Gasteiger partial charge in [0.05, 0.1) is 4.90 Å². The highest BCUT2D eigenvalue weighted by molar-refractivity contribution is 8.00. The van der Waals surface area contributed by atoms with Crippen LogP contribution in [0.1, 0.15) is 27.7 Å². The minimum Gasteiger partial charge on any atom is -0.388 e. The highest BCUT2D eigenvalue weighted by atomic mass is 32.2. The van der Waals surface area contributed by atoms with Gasteiger partial charge in [-0.3, -0.25) is 0 Å². The summed E-state index contributed by atoms with van der Waals surface area (Å²) in [4.78, 5) is 1.11. The first-order chi connectivity index (χ1) is 8.69. The lowest BCUT2D eigenvalue weighted by molar-refractivity contribution is 0.490. The third kappa shape index (κ3) is 4.71. The van der Waals surface area contributed by atoms with Crippen LogP contribution in [0.25, 0.3) is 0 Å². The Kier molecular flexibility index (Phi) is 5.29. The number of anilines is 1. The molecule has 0 heterocycles. The Balaban J connectivity index is 3.29. The summed E-state index contributed by atoms with van der Waals surface area (Å²) in [6, 6.07) is 5.40. The van der Waals surface area contributed by atoms with E-state index in [1.165, 1.54) is 11.8 Å². The molecule has 0 saturated carbocycles. The lowest BCUT2D eigenvalue weighted by atomic mass is 10.1. The van der Waals surface area contributed by atoms with Gasteiger partial charge in [0.25, 0.3) is 0 Å². The smallest absolute Gasteiger partial charge is 0.242 e. The summed E-state index contributed by atoms with van der Waals surface area (Å²) < 4.78 is 27.6. The molecule has 1 aromatic carbocycles. The van der Waals surface area contributed by atoms with Gasteiger partial charge in [0.15, 0.2) is 0 Å². The molecule has 0 unspecified atom stereocenters. The maximum absolute atomic E-state index is 12.5. The van der Waals surface area contributed by atoms with Gasteiger partial charge in [0.1, 0.15) is 0 Å². The molecule has 0 fully saturated rings. The molecule has 6 heteroatoms. The van der Waals surface area contributed by atoms with Crippen molar-refractivity contribution in [2.45, 2.75) is 43.0 Å². The van der Waals surface area contributed by atoms with Gasteiger partial charge in [-0.2, -0.15) is 0 Å². The number of hydrogen-bond donors (Lipinski definition) is 2. The molecule has 1 aromatic rings. The fourth-order valence-electron chi connectivity index (χ4n) is 1.61. The van der Waals surface area contributed by atoms with Crippen molar-refractivity contribution in [3.63, 3.8) is 0 Å². The highest BCUT2D eigenvalue weighted by Gasteiger charge is 2.24. The lowest BCUT2D eigenvalue weighted by Crippen LogP contribution is -2.40. The molecule has 0 atom stereocenters. The number of thioether (sulfide) groups is 1. The van der Waals surface area contributed by atoms with Crippen LogP contribution in [0.5, 0.6) is 0 Å². The summed E-state index contributed by atoms with van der Waals surface area (Å²) in [7, 11) is -1.74. The molecule has 0 aliphatic rings. The van der Waals surface area contributed by atoms with Crippen molar-refractivity contribution in [2.24, 2.45) is 0 Å². The van der Waals surface area contributed by atoms with Gasteiger partial charge in [0.2, 0.25) is 10.0 Å². The Morgan fingerprint density at radius 3 is 2.37 bits per heavy atom. The largest absolute Gasteiger partial charge is 0.388 e. The third-order valence-corrected chi connectivity index (χ3v) is 5.15. The van der Waals surface area contributed by atoms with E-state index in [-0.39, 0.29) is 0 Å². The molecule has 0 bridgehead atoms. The van der Waals surface area contributed by atoms with Gasteiger partial charge in [-0.15, -0.1) is 11.8 Å². The second kappa shape index (κ2) is 6.15. The Morgan fingerprint density at radius 2 is 1.89 bits per heavy atom. The van der Waals surface area contributed by atoms with Crippen molar-refractivity contribution in [1.29, 1.82) is 0 Å². The normalized spacial score (nSPS) is 12.5.